The summed E-state index contributed by atoms with van der Waals surface area (Å²) in [4.78, 5) is 12.5. The van der Waals surface area contributed by atoms with Crippen LogP contribution in [0.2, 0.25) is 5.02 Å². The summed E-state index contributed by atoms with van der Waals surface area (Å²) in [5, 5.41) is 3.50. The molecule has 27 heavy (non-hydrogen) atoms. The lowest BCUT2D eigenvalue weighted by Crippen LogP contribution is -2.34. The van der Waals surface area contributed by atoms with Crippen LogP contribution in [0.25, 0.3) is 0 Å². The number of benzene rings is 2. The SMILES string of the molecule is COc1ccc([C@H](CC(=O)N[C@H](C)c2ccc(Cl)cc2)NS(C)(=O)=O)cc1. The third-order valence-electron chi connectivity index (χ3n) is 4.01. The fourth-order valence-electron chi connectivity index (χ4n) is 2.64. The van der Waals surface area contributed by atoms with Crippen molar-refractivity contribution in [3.63, 3.8) is 0 Å². The fourth-order valence-corrected chi connectivity index (χ4v) is 3.51. The minimum absolute atomic E-state index is 0.0304. The predicted octanol–water partition coefficient (Wildman–Crippen LogP) is 3.21. The molecular weight excluding hydrogens is 388 g/mol. The van der Waals surface area contributed by atoms with E-state index in [0.717, 1.165) is 11.8 Å². The average Bonchev–Trinajstić information content (AvgIpc) is 2.60. The van der Waals surface area contributed by atoms with Gasteiger partial charge in [-0.3, -0.25) is 4.79 Å². The maximum absolute atomic E-state index is 12.5. The van der Waals surface area contributed by atoms with Crippen molar-refractivity contribution in [3.8, 4) is 5.75 Å². The van der Waals surface area contributed by atoms with Crippen LogP contribution in [0.1, 0.15) is 36.6 Å². The van der Waals surface area contributed by atoms with Gasteiger partial charge in [0, 0.05) is 11.4 Å². The summed E-state index contributed by atoms with van der Waals surface area (Å²) in [6.45, 7) is 1.85. The molecule has 0 heterocycles. The first-order valence-electron chi connectivity index (χ1n) is 8.34. The van der Waals surface area contributed by atoms with Crippen LogP contribution in [-0.4, -0.2) is 27.7 Å². The van der Waals surface area contributed by atoms with Gasteiger partial charge in [0.05, 0.1) is 25.4 Å². The molecule has 0 radical (unpaired) electrons. The number of rotatable bonds is 8. The van der Waals surface area contributed by atoms with Gasteiger partial charge in [-0.2, -0.15) is 0 Å². The Morgan fingerprint density at radius 2 is 1.63 bits per heavy atom. The van der Waals surface area contributed by atoms with E-state index in [1.807, 2.05) is 19.1 Å². The van der Waals surface area contributed by atoms with E-state index >= 15 is 0 Å². The first kappa shape index (κ1) is 21.2. The van der Waals surface area contributed by atoms with Crippen molar-refractivity contribution in [2.75, 3.05) is 13.4 Å². The van der Waals surface area contributed by atoms with Crippen molar-refractivity contribution < 1.29 is 17.9 Å². The number of hydrogen-bond acceptors (Lipinski definition) is 4. The number of halogens is 1. The maximum Gasteiger partial charge on any atom is 0.222 e. The lowest BCUT2D eigenvalue weighted by molar-refractivity contribution is -0.122. The van der Waals surface area contributed by atoms with Crippen LogP contribution in [0.4, 0.5) is 0 Å². The van der Waals surface area contributed by atoms with Gasteiger partial charge in [0.1, 0.15) is 5.75 Å². The van der Waals surface area contributed by atoms with Crippen LogP contribution < -0.4 is 14.8 Å². The molecule has 8 heteroatoms. The normalized spacial score (nSPS) is 13.6. The van der Waals surface area contributed by atoms with E-state index in [9.17, 15) is 13.2 Å². The Balaban J connectivity index is 2.11. The second-order valence-electron chi connectivity index (χ2n) is 6.26. The molecule has 0 unspecified atom stereocenters. The largest absolute Gasteiger partial charge is 0.497 e. The Bertz CT molecular complexity index is 868. The zero-order chi connectivity index (χ0) is 20.0. The molecule has 2 N–H and O–H groups in total. The molecule has 6 nitrogen and oxygen atoms in total. The quantitative estimate of drug-likeness (QED) is 0.699. The highest BCUT2D eigenvalue weighted by Gasteiger charge is 2.21. The van der Waals surface area contributed by atoms with Gasteiger partial charge in [-0.15, -0.1) is 0 Å². The third kappa shape index (κ3) is 6.86. The van der Waals surface area contributed by atoms with Gasteiger partial charge in [-0.05, 0) is 42.3 Å². The summed E-state index contributed by atoms with van der Waals surface area (Å²) in [5.41, 5.74) is 1.58. The lowest BCUT2D eigenvalue weighted by atomic mass is 10.0. The van der Waals surface area contributed by atoms with E-state index in [-0.39, 0.29) is 18.4 Å². The molecule has 2 rings (SSSR count). The van der Waals surface area contributed by atoms with Crippen molar-refractivity contribution in [2.45, 2.75) is 25.4 Å². The minimum Gasteiger partial charge on any atom is -0.497 e. The Labute approximate surface area is 164 Å². The van der Waals surface area contributed by atoms with Crippen LogP contribution in [0.15, 0.2) is 48.5 Å². The molecule has 0 bridgehead atoms. The van der Waals surface area contributed by atoms with E-state index in [2.05, 4.69) is 10.0 Å². The minimum atomic E-state index is -3.49. The number of carbonyl (C=O) groups excluding carboxylic acids is 1. The van der Waals surface area contributed by atoms with Crippen LogP contribution in [-0.2, 0) is 14.8 Å². The van der Waals surface area contributed by atoms with Gasteiger partial charge in [0.15, 0.2) is 0 Å². The number of carbonyl (C=O) groups is 1. The van der Waals surface area contributed by atoms with E-state index < -0.39 is 16.1 Å². The molecule has 0 saturated carbocycles. The first-order chi connectivity index (χ1) is 12.7. The molecule has 0 spiro atoms. The summed E-state index contributed by atoms with van der Waals surface area (Å²) < 4.78 is 31.1. The van der Waals surface area contributed by atoms with Gasteiger partial charge >= 0.3 is 0 Å². The van der Waals surface area contributed by atoms with Crippen LogP contribution >= 0.6 is 11.6 Å². The molecular formula is C19H23ClN2O4S. The Kier molecular flexibility index (Phi) is 7.24. The number of hydrogen-bond donors (Lipinski definition) is 2. The van der Waals surface area contributed by atoms with E-state index in [1.54, 1.807) is 43.5 Å². The van der Waals surface area contributed by atoms with Crippen molar-refractivity contribution in [1.29, 1.82) is 0 Å². The van der Waals surface area contributed by atoms with Crippen LogP contribution in [0.3, 0.4) is 0 Å². The molecule has 0 aliphatic carbocycles. The molecule has 0 fully saturated rings. The highest BCUT2D eigenvalue weighted by molar-refractivity contribution is 7.88. The summed E-state index contributed by atoms with van der Waals surface area (Å²) in [6, 6.07) is 13.2. The number of nitrogens with one attached hydrogen (secondary N) is 2. The van der Waals surface area contributed by atoms with E-state index in [4.69, 9.17) is 16.3 Å². The smallest absolute Gasteiger partial charge is 0.222 e. The van der Waals surface area contributed by atoms with Crippen molar-refractivity contribution in [2.24, 2.45) is 0 Å². The molecule has 1 amide bonds. The van der Waals surface area contributed by atoms with Crippen LogP contribution in [0.5, 0.6) is 5.75 Å². The van der Waals surface area contributed by atoms with Gasteiger partial charge < -0.3 is 10.1 Å². The lowest BCUT2D eigenvalue weighted by Gasteiger charge is -2.20. The standard InChI is InChI=1S/C19H23ClN2O4S/c1-13(14-4-8-16(20)9-5-14)21-19(23)12-18(22-27(3,24)25)15-6-10-17(26-2)11-7-15/h4-11,13,18,22H,12H2,1-3H3,(H,21,23)/t13-,18+/m1/s1. The topological polar surface area (TPSA) is 84.5 Å². The molecule has 146 valence electrons. The Morgan fingerprint density at radius 3 is 2.15 bits per heavy atom. The van der Waals surface area contributed by atoms with Crippen molar-refractivity contribution in [3.05, 3.63) is 64.7 Å². The molecule has 0 aliphatic rings. The number of sulfonamides is 1. The average molecular weight is 411 g/mol. The van der Waals surface area contributed by atoms with Gasteiger partial charge in [-0.25, -0.2) is 13.1 Å². The van der Waals surface area contributed by atoms with Gasteiger partial charge in [0.25, 0.3) is 0 Å². The number of methoxy groups -OCH3 is 1. The summed E-state index contributed by atoms with van der Waals surface area (Å²) in [5.74, 6) is 0.382. The summed E-state index contributed by atoms with van der Waals surface area (Å²) >= 11 is 5.88. The number of amides is 1. The molecule has 2 aromatic carbocycles. The summed E-state index contributed by atoms with van der Waals surface area (Å²) in [6.07, 6.45) is 1.04. The summed E-state index contributed by atoms with van der Waals surface area (Å²) in [7, 11) is -1.95. The molecule has 2 aromatic rings. The van der Waals surface area contributed by atoms with Crippen molar-refractivity contribution in [1.82, 2.24) is 10.0 Å². The molecule has 0 aromatic heterocycles. The zero-order valence-electron chi connectivity index (χ0n) is 15.4. The Morgan fingerprint density at radius 1 is 1.07 bits per heavy atom. The zero-order valence-corrected chi connectivity index (χ0v) is 17.0. The van der Waals surface area contributed by atoms with Gasteiger partial charge in [0.2, 0.25) is 15.9 Å². The predicted molar refractivity (Wildman–Crippen MR) is 106 cm³/mol. The van der Waals surface area contributed by atoms with Gasteiger partial charge in [-0.1, -0.05) is 35.9 Å². The highest BCUT2D eigenvalue weighted by atomic mass is 35.5. The number of ether oxygens (including phenoxy) is 1. The van der Waals surface area contributed by atoms with Crippen LogP contribution in [0, 0.1) is 0 Å². The maximum atomic E-state index is 12.5. The molecule has 0 saturated heterocycles. The third-order valence-corrected chi connectivity index (χ3v) is 4.98. The Hall–Kier alpha value is -2.09. The fraction of sp³-hybridized carbons (Fsp3) is 0.316. The van der Waals surface area contributed by atoms with E-state index in [0.29, 0.717) is 16.3 Å². The molecule has 2 atom stereocenters. The van der Waals surface area contributed by atoms with E-state index in [1.165, 1.54) is 0 Å². The monoisotopic (exact) mass is 410 g/mol. The second kappa shape index (κ2) is 9.21. The van der Waals surface area contributed by atoms with Crippen molar-refractivity contribution >= 4 is 27.5 Å². The second-order valence-corrected chi connectivity index (χ2v) is 8.48. The first-order valence-corrected chi connectivity index (χ1v) is 10.6. The molecule has 0 aliphatic heterocycles. The highest BCUT2D eigenvalue weighted by Crippen LogP contribution is 2.22.